The fraction of sp³-hybridized carbons (Fsp3) is 0.786. The first-order valence-electron chi connectivity index (χ1n) is 6.92. The lowest BCUT2D eigenvalue weighted by Crippen LogP contribution is -2.44. The predicted molar refractivity (Wildman–Crippen MR) is 78.6 cm³/mol. The zero-order chi connectivity index (χ0) is 14.9. The van der Waals surface area contributed by atoms with E-state index in [1.54, 1.807) is 4.90 Å². The van der Waals surface area contributed by atoms with Crippen molar-refractivity contribution in [2.24, 2.45) is 11.5 Å². The molecule has 112 valence electrons. The van der Waals surface area contributed by atoms with Crippen LogP contribution in [-0.2, 0) is 4.74 Å². The SMILES string of the molecule is CCC(C/C=C\N)N(CCCN)C(=O)OC(C)(C)C. The number of amides is 1. The fourth-order valence-corrected chi connectivity index (χ4v) is 1.76. The molecule has 0 aliphatic carbocycles. The Balaban J connectivity index is 4.79. The highest BCUT2D eigenvalue weighted by atomic mass is 16.6. The second-order valence-corrected chi connectivity index (χ2v) is 5.54. The van der Waals surface area contributed by atoms with Crippen molar-refractivity contribution in [3.8, 4) is 0 Å². The van der Waals surface area contributed by atoms with Gasteiger partial charge in [-0.1, -0.05) is 13.0 Å². The zero-order valence-corrected chi connectivity index (χ0v) is 12.7. The molecule has 1 unspecified atom stereocenters. The number of hydrogen-bond donors (Lipinski definition) is 2. The van der Waals surface area contributed by atoms with E-state index in [1.807, 2.05) is 26.8 Å². The zero-order valence-electron chi connectivity index (χ0n) is 12.7. The molecule has 0 heterocycles. The van der Waals surface area contributed by atoms with Gasteiger partial charge in [0.15, 0.2) is 0 Å². The van der Waals surface area contributed by atoms with Crippen molar-refractivity contribution in [1.82, 2.24) is 4.90 Å². The van der Waals surface area contributed by atoms with Gasteiger partial charge in [-0.2, -0.15) is 0 Å². The van der Waals surface area contributed by atoms with Crippen LogP contribution in [0.4, 0.5) is 4.79 Å². The molecule has 19 heavy (non-hydrogen) atoms. The van der Waals surface area contributed by atoms with Crippen LogP contribution in [0.5, 0.6) is 0 Å². The number of rotatable bonds is 7. The van der Waals surface area contributed by atoms with Gasteiger partial charge in [-0.3, -0.25) is 0 Å². The lowest BCUT2D eigenvalue weighted by molar-refractivity contribution is 0.0157. The number of ether oxygens (including phenoxy) is 1. The molecule has 0 aliphatic heterocycles. The third kappa shape index (κ3) is 7.72. The van der Waals surface area contributed by atoms with E-state index < -0.39 is 5.60 Å². The Bertz CT molecular complexity index is 285. The molecule has 0 aliphatic rings. The van der Waals surface area contributed by atoms with Gasteiger partial charge in [0.25, 0.3) is 0 Å². The van der Waals surface area contributed by atoms with Crippen LogP contribution in [0.1, 0.15) is 47.0 Å². The summed E-state index contributed by atoms with van der Waals surface area (Å²) in [5, 5.41) is 0. The average molecular weight is 271 g/mol. The fourth-order valence-electron chi connectivity index (χ4n) is 1.76. The first-order chi connectivity index (χ1) is 8.85. The molecule has 0 aromatic carbocycles. The van der Waals surface area contributed by atoms with Crippen LogP contribution in [0.3, 0.4) is 0 Å². The molecule has 5 heteroatoms. The highest BCUT2D eigenvalue weighted by Crippen LogP contribution is 2.16. The Hall–Kier alpha value is -1.23. The lowest BCUT2D eigenvalue weighted by Gasteiger charge is -2.32. The Labute approximate surface area is 117 Å². The van der Waals surface area contributed by atoms with Crippen molar-refractivity contribution < 1.29 is 9.53 Å². The summed E-state index contributed by atoms with van der Waals surface area (Å²) in [4.78, 5) is 14.0. The van der Waals surface area contributed by atoms with Gasteiger partial charge in [-0.15, -0.1) is 0 Å². The van der Waals surface area contributed by atoms with E-state index in [0.717, 1.165) is 19.3 Å². The van der Waals surface area contributed by atoms with Gasteiger partial charge >= 0.3 is 6.09 Å². The van der Waals surface area contributed by atoms with Gasteiger partial charge < -0.3 is 21.1 Å². The van der Waals surface area contributed by atoms with Crippen molar-refractivity contribution in [3.63, 3.8) is 0 Å². The molecule has 1 amide bonds. The molecular weight excluding hydrogens is 242 g/mol. The molecule has 0 bridgehead atoms. The molecule has 1 atom stereocenters. The summed E-state index contributed by atoms with van der Waals surface area (Å²) >= 11 is 0. The van der Waals surface area contributed by atoms with E-state index in [0.29, 0.717) is 13.1 Å². The van der Waals surface area contributed by atoms with Crippen LogP contribution in [-0.4, -0.2) is 35.7 Å². The monoisotopic (exact) mass is 271 g/mol. The van der Waals surface area contributed by atoms with Gasteiger partial charge in [0, 0.05) is 12.6 Å². The molecule has 0 aromatic rings. The predicted octanol–water partition coefficient (Wildman–Crippen LogP) is 2.21. The number of carbonyl (C=O) groups is 1. The molecule has 0 saturated heterocycles. The third-order valence-electron chi connectivity index (χ3n) is 2.69. The Kier molecular flexibility index (Phi) is 8.23. The molecule has 0 saturated carbocycles. The van der Waals surface area contributed by atoms with E-state index >= 15 is 0 Å². The molecule has 4 N–H and O–H groups in total. The van der Waals surface area contributed by atoms with E-state index in [4.69, 9.17) is 16.2 Å². The molecular formula is C14H29N3O2. The summed E-state index contributed by atoms with van der Waals surface area (Å²) in [6.07, 6.45) is 5.46. The summed E-state index contributed by atoms with van der Waals surface area (Å²) in [7, 11) is 0. The van der Waals surface area contributed by atoms with Crippen LogP contribution in [0.25, 0.3) is 0 Å². The van der Waals surface area contributed by atoms with E-state index in [-0.39, 0.29) is 12.1 Å². The molecule has 0 fully saturated rings. The quantitative estimate of drug-likeness (QED) is 0.744. The summed E-state index contributed by atoms with van der Waals surface area (Å²) in [5.41, 5.74) is 10.4. The van der Waals surface area contributed by atoms with Crippen LogP contribution >= 0.6 is 0 Å². The van der Waals surface area contributed by atoms with Crippen molar-refractivity contribution in [2.75, 3.05) is 13.1 Å². The number of nitrogens with two attached hydrogens (primary N) is 2. The van der Waals surface area contributed by atoms with Crippen LogP contribution < -0.4 is 11.5 Å². The summed E-state index contributed by atoms with van der Waals surface area (Å²) in [6.45, 7) is 8.83. The van der Waals surface area contributed by atoms with Crippen LogP contribution in [0.15, 0.2) is 12.3 Å². The van der Waals surface area contributed by atoms with E-state index in [1.165, 1.54) is 6.20 Å². The molecule has 0 spiro atoms. The molecule has 0 rings (SSSR count). The number of hydrogen-bond acceptors (Lipinski definition) is 4. The molecule has 0 radical (unpaired) electrons. The summed E-state index contributed by atoms with van der Waals surface area (Å²) < 4.78 is 5.45. The maximum absolute atomic E-state index is 12.2. The van der Waals surface area contributed by atoms with Gasteiger partial charge in [-0.05, 0) is 52.8 Å². The van der Waals surface area contributed by atoms with E-state index in [9.17, 15) is 4.79 Å². The van der Waals surface area contributed by atoms with Crippen molar-refractivity contribution in [3.05, 3.63) is 12.3 Å². The first-order valence-corrected chi connectivity index (χ1v) is 6.92. The number of nitrogens with zero attached hydrogens (tertiary/aromatic N) is 1. The van der Waals surface area contributed by atoms with Crippen LogP contribution in [0.2, 0.25) is 0 Å². The van der Waals surface area contributed by atoms with Gasteiger partial charge in [0.2, 0.25) is 0 Å². The second-order valence-electron chi connectivity index (χ2n) is 5.54. The Morgan fingerprint density at radius 1 is 1.42 bits per heavy atom. The van der Waals surface area contributed by atoms with Crippen molar-refractivity contribution in [1.29, 1.82) is 0 Å². The van der Waals surface area contributed by atoms with Crippen LogP contribution in [0, 0.1) is 0 Å². The van der Waals surface area contributed by atoms with Crippen molar-refractivity contribution in [2.45, 2.75) is 58.6 Å². The minimum atomic E-state index is -0.486. The smallest absolute Gasteiger partial charge is 0.410 e. The summed E-state index contributed by atoms with van der Waals surface area (Å²) in [5.74, 6) is 0. The largest absolute Gasteiger partial charge is 0.444 e. The van der Waals surface area contributed by atoms with Gasteiger partial charge in [-0.25, -0.2) is 4.79 Å². The maximum atomic E-state index is 12.2. The number of carbonyl (C=O) groups excluding carboxylic acids is 1. The van der Waals surface area contributed by atoms with Gasteiger partial charge in [0.1, 0.15) is 5.60 Å². The van der Waals surface area contributed by atoms with Gasteiger partial charge in [0.05, 0.1) is 0 Å². The minimum Gasteiger partial charge on any atom is -0.444 e. The lowest BCUT2D eigenvalue weighted by atomic mass is 10.1. The molecule has 0 aromatic heterocycles. The minimum absolute atomic E-state index is 0.0983. The Morgan fingerprint density at radius 3 is 2.47 bits per heavy atom. The normalized spacial score (nSPS) is 13.5. The standard InChI is InChI=1S/C14H29N3O2/c1-5-12(8-6-9-15)17(11-7-10-16)13(18)19-14(2,3)4/h6,9,12H,5,7-8,10-11,15-16H2,1-4H3/b9-6-. The highest BCUT2D eigenvalue weighted by Gasteiger charge is 2.26. The average Bonchev–Trinajstić information content (AvgIpc) is 2.31. The maximum Gasteiger partial charge on any atom is 0.410 e. The Morgan fingerprint density at radius 2 is 2.05 bits per heavy atom. The first kappa shape index (κ1) is 17.8. The van der Waals surface area contributed by atoms with E-state index in [2.05, 4.69) is 6.92 Å². The van der Waals surface area contributed by atoms with Crippen molar-refractivity contribution >= 4 is 6.09 Å². The summed E-state index contributed by atoms with van der Waals surface area (Å²) in [6, 6.07) is 0.0983. The second kappa shape index (κ2) is 8.80. The highest BCUT2D eigenvalue weighted by molar-refractivity contribution is 5.68. The topological polar surface area (TPSA) is 81.6 Å². The third-order valence-corrected chi connectivity index (χ3v) is 2.69. The molecule has 5 nitrogen and oxygen atoms in total.